The molecule has 0 aliphatic heterocycles. The van der Waals surface area contributed by atoms with Crippen LogP contribution in [0.2, 0.25) is 0 Å². The Morgan fingerprint density at radius 3 is 1.91 bits per heavy atom. The van der Waals surface area contributed by atoms with Crippen LogP contribution in [0.5, 0.6) is 0 Å². The number of hydrogen-bond donors (Lipinski definition) is 0. The van der Waals surface area contributed by atoms with Gasteiger partial charge in [-0.05, 0) is 37.9 Å². The Hall–Kier alpha value is -1.08. The molecular formula is C22H37N. The van der Waals surface area contributed by atoms with Crippen molar-refractivity contribution in [1.82, 2.24) is 4.90 Å². The molecule has 0 aromatic heterocycles. The van der Waals surface area contributed by atoms with E-state index in [1.54, 1.807) is 0 Å². The molecule has 0 atom stereocenters. The molecule has 0 N–H and O–H groups in total. The maximum atomic E-state index is 2.68. The zero-order chi connectivity index (χ0) is 16.6. The molecule has 0 amide bonds. The summed E-state index contributed by atoms with van der Waals surface area (Å²) in [5.41, 5.74) is 1.31. The SMILES string of the molecule is CCCCCCN(CCC=Cc1ccccc1)CCCCCC. The number of unbranched alkanes of at least 4 members (excludes halogenated alkanes) is 6. The lowest BCUT2D eigenvalue weighted by Crippen LogP contribution is -2.27. The van der Waals surface area contributed by atoms with E-state index in [1.165, 1.54) is 76.6 Å². The van der Waals surface area contributed by atoms with Crippen LogP contribution < -0.4 is 0 Å². The van der Waals surface area contributed by atoms with E-state index >= 15 is 0 Å². The highest BCUT2D eigenvalue weighted by molar-refractivity contribution is 5.48. The van der Waals surface area contributed by atoms with Gasteiger partial charge in [0.1, 0.15) is 0 Å². The molecule has 0 radical (unpaired) electrons. The van der Waals surface area contributed by atoms with E-state index in [0.717, 1.165) is 6.42 Å². The number of hydrogen-bond acceptors (Lipinski definition) is 1. The third-order valence-electron chi connectivity index (χ3n) is 4.38. The molecular weight excluding hydrogens is 278 g/mol. The lowest BCUT2D eigenvalue weighted by molar-refractivity contribution is 0.265. The van der Waals surface area contributed by atoms with Gasteiger partial charge < -0.3 is 4.90 Å². The zero-order valence-corrected chi connectivity index (χ0v) is 15.5. The summed E-state index contributed by atoms with van der Waals surface area (Å²) in [5, 5.41) is 0. The van der Waals surface area contributed by atoms with Gasteiger partial charge >= 0.3 is 0 Å². The van der Waals surface area contributed by atoms with E-state index in [9.17, 15) is 0 Å². The molecule has 0 saturated heterocycles. The van der Waals surface area contributed by atoms with Crippen molar-refractivity contribution in [3.63, 3.8) is 0 Å². The molecule has 0 aliphatic rings. The molecule has 130 valence electrons. The van der Waals surface area contributed by atoms with Crippen LogP contribution in [-0.2, 0) is 0 Å². The molecule has 1 aromatic rings. The van der Waals surface area contributed by atoms with Gasteiger partial charge in [0.2, 0.25) is 0 Å². The van der Waals surface area contributed by atoms with Crippen LogP contribution in [0.25, 0.3) is 6.08 Å². The highest BCUT2D eigenvalue weighted by Crippen LogP contribution is 2.07. The maximum absolute atomic E-state index is 2.68. The van der Waals surface area contributed by atoms with Gasteiger partial charge in [0.15, 0.2) is 0 Å². The minimum Gasteiger partial charge on any atom is -0.303 e. The second-order valence-electron chi connectivity index (χ2n) is 6.56. The topological polar surface area (TPSA) is 3.24 Å². The first-order valence-corrected chi connectivity index (χ1v) is 9.80. The molecule has 1 rings (SSSR count). The van der Waals surface area contributed by atoms with Gasteiger partial charge in [0, 0.05) is 6.54 Å². The van der Waals surface area contributed by atoms with Crippen LogP contribution in [0.15, 0.2) is 36.4 Å². The predicted molar refractivity (Wildman–Crippen MR) is 105 cm³/mol. The highest BCUT2D eigenvalue weighted by atomic mass is 15.1. The molecule has 1 heteroatoms. The third-order valence-corrected chi connectivity index (χ3v) is 4.38. The molecule has 23 heavy (non-hydrogen) atoms. The fraction of sp³-hybridized carbons (Fsp3) is 0.636. The Morgan fingerprint density at radius 1 is 0.739 bits per heavy atom. The Kier molecular flexibility index (Phi) is 12.6. The summed E-state index contributed by atoms with van der Waals surface area (Å²) in [4.78, 5) is 2.68. The van der Waals surface area contributed by atoms with Crippen LogP contribution in [-0.4, -0.2) is 24.5 Å². The minimum atomic E-state index is 1.16. The number of benzene rings is 1. The van der Waals surface area contributed by atoms with Crippen LogP contribution in [0, 0.1) is 0 Å². The quantitative estimate of drug-likeness (QED) is 0.352. The van der Waals surface area contributed by atoms with Gasteiger partial charge in [-0.15, -0.1) is 0 Å². The van der Waals surface area contributed by atoms with Crippen LogP contribution in [0.1, 0.15) is 77.2 Å². The fourth-order valence-corrected chi connectivity index (χ4v) is 2.90. The molecule has 0 fully saturated rings. The maximum Gasteiger partial charge on any atom is 0.00160 e. The van der Waals surface area contributed by atoms with E-state index in [4.69, 9.17) is 0 Å². The molecule has 0 bridgehead atoms. The second kappa shape index (κ2) is 14.5. The van der Waals surface area contributed by atoms with Crippen LogP contribution >= 0.6 is 0 Å². The third kappa shape index (κ3) is 11.1. The summed E-state index contributed by atoms with van der Waals surface area (Å²) in [7, 11) is 0. The standard InChI is InChI=1S/C22H37N/c1-3-5-7-13-19-23(20-14-8-6-4-2)21-15-12-18-22-16-10-9-11-17-22/h9-12,16-18H,3-8,13-15,19-21H2,1-2H3. The summed E-state index contributed by atoms with van der Waals surface area (Å²) < 4.78 is 0. The Morgan fingerprint density at radius 2 is 1.35 bits per heavy atom. The van der Waals surface area contributed by atoms with Crippen LogP contribution in [0.4, 0.5) is 0 Å². The average molecular weight is 316 g/mol. The van der Waals surface area contributed by atoms with E-state index in [0.29, 0.717) is 0 Å². The predicted octanol–water partition coefficient (Wildman–Crippen LogP) is 6.55. The molecule has 0 heterocycles. The van der Waals surface area contributed by atoms with Gasteiger partial charge in [0.05, 0.1) is 0 Å². The van der Waals surface area contributed by atoms with Gasteiger partial charge in [-0.25, -0.2) is 0 Å². The normalized spacial score (nSPS) is 11.6. The summed E-state index contributed by atoms with van der Waals surface area (Å²) >= 11 is 0. The van der Waals surface area contributed by atoms with Crippen molar-refractivity contribution in [3.05, 3.63) is 42.0 Å². The van der Waals surface area contributed by atoms with E-state index in [2.05, 4.69) is 61.2 Å². The zero-order valence-electron chi connectivity index (χ0n) is 15.5. The number of rotatable bonds is 14. The molecule has 0 saturated carbocycles. The van der Waals surface area contributed by atoms with Crippen molar-refractivity contribution >= 4 is 6.08 Å². The van der Waals surface area contributed by atoms with E-state index in [-0.39, 0.29) is 0 Å². The minimum absolute atomic E-state index is 1.16. The van der Waals surface area contributed by atoms with Gasteiger partial charge in [-0.3, -0.25) is 0 Å². The summed E-state index contributed by atoms with van der Waals surface area (Å²) in [5.74, 6) is 0. The number of nitrogens with zero attached hydrogens (tertiary/aromatic N) is 1. The lowest BCUT2D eigenvalue weighted by atomic mass is 10.1. The summed E-state index contributed by atoms with van der Waals surface area (Å²) in [6, 6.07) is 10.6. The van der Waals surface area contributed by atoms with E-state index in [1.807, 2.05) is 0 Å². The molecule has 1 nitrogen and oxygen atoms in total. The van der Waals surface area contributed by atoms with Gasteiger partial charge in [-0.1, -0.05) is 94.9 Å². The Bertz CT molecular complexity index is 370. The van der Waals surface area contributed by atoms with Crippen molar-refractivity contribution < 1.29 is 0 Å². The van der Waals surface area contributed by atoms with Gasteiger partial charge in [0.25, 0.3) is 0 Å². The van der Waals surface area contributed by atoms with Crippen molar-refractivity contribution in [2.45, 2.75) is 71.6 Å². The monoisotopic (exact) mass is 315 g/mol. The first-order valence-electron chi connectivity index (χ1n) is 9.80. The van der Waals surface area contributed by atoms with Crippen molar-refractivity contribution in [2.75, 3.05) is 19.6 Å². The largest absolute Gasteiger partial charge is 0.303 e. The average Bonchev–Trinajstić information content (AvgIpc) is 2.59. The first kappa shape index (κ1) is 20.0. The van der Waals surface area contributed by atoms with Crippen LogP contribution in [0.3, 0.4) is 0 Å². The second-order valence-corrected chi connectivity index (χ2v) is 6.56. The summed E-state index contributed by atoms with van der Waals surface area (Å²) in [6.07, 6.45) is 16.7. The fourth-order valence-electron chi connectivity index (χ4n) is 2.90. The van der Waals surface area contributed by atoms with Crippen molar-refractivity contribution in [1.29, 1.82) is 0 Å². The van der Waals surface area contributed by atoms with Crippen molar-refractivity contribution in [2.24, 2.45) is 0 Å². The lowest BCUT2D eigenvalue weighted by Gasteiger charge is -2.21. The molecule has 0 aliphatic carbocycles. The molecule has 1 aromatic carbocycles. The Labute approximate surface area is 144 Å². The first-order chi connectivity index (χ1) is 11.4. The van der Waals surface area contributed by atoms with E-state index < -0.39 is 0 Å². The highest BCUT2D eigenvalue weighted by Gasteiger charge is 2.03. The smallest absolute Gasteiger partial charge is 0.00160 e. The van der Waals surface area contributed by atoms with Gasteiger partial charge in [-0.2, -0.15) is 0 Å². The van der Waals surface area contributed by atoms with Crippen molar-refractivity contribution in [3.8, 4) is 0 Å². The molecule has 0 spiro atoms. The Balaban J connectivity index is 2.27. The molecule has 0 unspecified atom stereocenters. The summed E-state index contributed by atoms with van der Waals surface area (Å²) in [6.45, 7) is 8.35.